The molecule has 5 nitrogen and oxygen atoms in total. The monoisotopic (exact) mass is 370 g/mol. The van der Waals surface area contributed by atoms with Crippen molar-refractivity contribution in [2.45, 2.75) is 31.2 Å². The normalized spacial score (nSPS) is 18.8. The van der Waals surface area contributed by atoms with E-state index in [0.29, 0.717) is 6.42 Å². The van der Waals surface area contributed by atoms with E-state index in [2.05, 4.69) is 5.32 Å². The summed E-state index contributed by atoms with van der Waals surface area (Å²) in [5, 5.41) is 2.72. The fraction of sp³-hybridized carbons (Fsp3) is 0.250. The third-order valence-electron chi connectivity index (χ3n) is 4.42. The lowest BCUT2D eigenvalue weighted by atomic mass is 10.1. The van der Waals surface area contributed by atoms with Crippen molar-refractivity contribution in [2.75, 3.05) is 6.54 Å². The number of hydrogen-bond donors (Lipinski definition) is 1. The zero-order chi connectivity index (χ0) is 18.7. The minimum Gasteiger partial charge on any atom is -0.331 e. The Kier molecular flexibility index (Phi) is 5.25. The molecule has 0 spiro atoms. The van der Waals surface area contributed by atoms with E-state index < -0.39 is 16.1 Å². The lowest BCUT2D eigenvalue weighted by Gasteiger charge is -2.28. The lowest BCUT2D eigenvalue weighted by molar-refractivity contribution is -0.123. The molecule has 1 atom stereocenters. The fourth-order valence-corrected chi connectivity index (χ4v) is 4.58. The van der Waals surface area contributed by atoms with Crippen molar-refractivity contribution in [1.29, 1.82) is 0 Å². The molecule has 1 heterocycles. The van der Waals surface area contributed by atoms with Crippen LogP contribution in [-0.2, 0) is 21.2 Å². The van der Waals surface area contributed by atoms with Gasteiger partial charge in [0.2, 0.25) is 15.9 Å². The molecule has 0 radical (unpaired) electrons. The van der Waals surface area contributed by atoms with Gasteiger partial charge in [0.05, 0.1) is 4.90 Å². The van der Waals surface area contributed by atoms with Gasteiger partial charge in [-0.1, -0.05) is 48.0 Å². The summed E-state index contributed by atoms with van der Waals surface area (Å²) in [6.07, 6.45) is 1.91. The van der Waals surface area contributed by atoms with Crippen LogP contribution in [0.15, 0.2) is 71.3 Å². The standard InChI is InChI=1S/C20H22N2O3S/c1-15-8-10-18(11-9-15)26(24,25)22-14-16(2)13-21-20(23)19(22)12-17-6-4-3-5-7-17/h3-11,13,19H,12,14H2,1-2H3,(H,21,23)/t19-/m0/s1. The zero-order valence-corrected chi connectivity index (χ0v) is 15.7. The molecule has 0 saturated carbocycles. The molecule has 2 aromatic carbocycles. The second-order valence-corrected chi connectivity index (χ2v) is 8.46. The number of amides is 1. The van der Waals surface area contributed by atoms with Crippen LogP contribution in [0.3, 0.4) is 0 Å². The molecule has 1 N–H and O–H groups in total. The molecule has 6 heteroatoms. The Balaban J connectivity index is 2.02. The molecule has 0 aromatic heterocycles. The largest absolute Gasteiger partial charge is 0.331 e. The van der Waals surface area contributed by atoms with Gasteiger partial charge in [-0.05, 0) is 43.5 Å². The Labute approximate surface area is 154 Å². The average molecular weight is 370 g/mol. The van der Waals surface area contributed by atoms with Crippen LogP contribution in [0.4, 0.5) is 0 Å². The van der Waals surface area contributed by atoms with Gasteiger partial charge in [0.15, 0.2) is 0 Å². The maximum absolute atomic E-state index is 13.3. The molecule has 0 aliphatic carbocycles. The molecule has 0 fully saturated rings. The van der Waals surface area contributed by atoms with E-state index in [1.165, 1.54) is 4.31 Å². The number of rotatable bonds is 4. The minimum absolute atomic E-state index is 0.173. The van der Waals surface area contributed by atoms with Crippen molar-refractivity contribution >= 4 is 15.9 Å². The molecule has 0 saturated heterocycles. The molecule has 2 aromatic rings. The number of aryl methyl sites for hydroxylation is 1. The lowest BCUT2D eigenvalue weighted by Crippen LogP contribution is -2.48. The quantitative estimate of drug-likeness (QED) is 0.900. The van der Waals surface area contributed by atoms with Crippen LogP contribution in [0, 0.1) is 6.92 Å². The molecular weight excluding hydrogens is 348 g/mol. The van der Waals surface area contributed by atoms with Crippen molar-refractivity contribution in [3.05, 3.63) is 77.5 Å². The number of carbonyl (C=O) groups is 1. The SMILES string of the molecule is CC1=CNC(=O)[C@H](Cc2ccccc2)N(S(=O)(=O)c2ccc(C)cc2)C1. The highest BCUT2D eigenvalue weighted by Crippen LogP contribution is 2.23. The number of sulfonamides is 1. The highest BCUT2D eigenvalue weighted by Gasteiger charge is 2.37. The molecule has 0 unspecified atom stereocenters. The Hall–Kier alpha value is -2.44. The van der Waals surface area contributed by atoms with Crippen LogP contribution < -0.4 is 5.32 Å². The van der Waals surface area contributed by atoms with E-state index in [-0.39, 0.29) is 17.3 Å². The summed E-state index contributed by atoms with van der Waals surface area (Å²) < 4.78 is 27.8. The van der Waals surface area contributed by atoms with Crippen LogP contribution in [0.1, 0.15) is 18.1 Å². The molecule has 1 amide bonds. The first-order valence-electron chi connectivity index (χ1n) is 8.46. The first kappa shape index (κ1) is 18.4. The minimum atomic E-state index is -3.81. The third kappa shape index (κ3) is 3.86. The number of nitrogens with zero attached hydrogens (tertiary/aromatic N) is 1. The van der Waals surface area contributed by atoms with E-state index in [1.807, 2.05) is 44.2 Å². The highest BCUT2D eigenvalue weighted by atomic mass is 32.2. The Bertz CT molecular complexity index is 919. The first-order valence-corrected chi connectivity index (χ1v) is 9.90. The summed E-state index contributed by atoms with van der Waals surface area (Å²) in [5.74, 6) is -0.318. The van der Waals surface area contributed by atoms with Gasteiger partial charge in [0, 0.05) is 12.7 Å². The summed E-state index contributed by atoms with van der Waals surface area (Å²) in [6.45, 7) is 3.89. The summed E-state index contributed by atoms with van der Waals surface area (Å²) in [4.78, 5) is 12.8. The van der Waals surface area contributed by atoms with Crippen molar-refractivity contribution in [1.82, 2.24) is 9.62 Å². The van der Waals surface area contributed by atoms with Gasteiger partial charge in [-0.25, -0.2) is 8.42 Å². The van der Waals surface area contributed by atoms with Gasteiger partial charge in [0.25, 0.3) is 0 Å². The Morgan fingerprint density at radius 3 is 2.35 bits per heavy atom. The molecule has 1 aliphatic heterocycles. The van der Waals surface area contributed by atoms with E-state index in [0.717, 1.165) is 16.7 Å². The van der Waals surface area contributed by atoms with Crippen LogP contribution in [0.5, 0.6) is 0 Å². The average Bonchev–Trinajstić information content (AvgIpc) is 2.77. The van der Waals surface area contributed by atoms with Gasteiger partial charge >= 0.3 is 0 Å². The predicted octanol–water partition coefficient (Wildman–Crippen LogP) is 2.63. The van der Waals surface area contributed by atoms with Crippen LogP contribution >= 0.6 is 0 Å². The predicted molar refractivity (Wildman–Crippen MR) is 101 cm³/mol. The molecule has 26 heavy (non-hydrogen) atoms. The van der Waals surface area contributed by atoms with Crippen molar-refractivity contribution in [2.24, 2.45) is 0 Å². The van der Waals surface area contributed by atoms with Crippen molar-refractivity contribution < 1.29 is 13.2 Å². The molecule has 1 aliphatic rings. The van der Waals surface area contributed by atoms with E-state index in [4.69, 9.17) is 0 Å². The van der Waals surface area contributed by atoms with Crippen LogP contribution in [0.2, 0.25) is 0 Å². The van der Waals surface area contributed by atoms with Crippen molar-refractivity contribution in [3.63, 3.8) is 0 Å². The van der Waals surface area contributed by atoms with Gasteiger partial charge in [-0.3, -0.25) is 4.79 Å². The number of carbonyl (C=O) groups excluding carboxylic acids is 1. The molecule has 136 valence electrons. The van der Waals surface area contributed by atoms with Gasteiger partial charge in [-0.15, -0.1) is 0 Å². The van der Waals surface area contributed by atoms with E-state index >= 15 is 0 Å². The van der Waals surface area contributed by atoms with Crippen LogP contribution in [-0.4, -0.2) is 31.2 Å². The summed E-state index contributed by atoms with van der Waals surface area (Å²) >= 11 is 0. The maximum Gasteiger partial charge on any atom is 0.244 e. The van der Waals surface area contributed by atoms with E-state index in [9.17, 15) is 13.2 Å². The number of benzene rings is 2. The molecule has 0 bridgehead atoms. The Morgan fingerprint density at radius 2 is 1.69 bits per heavy atom. The summed E-state index contributed by atoms with van der Waals surface area (Å²) in [7, 11) is -3.81. The van der Waals surface area contributed by atoms with Crippen LogP contribution in [0.25, 0.3) is 0 Å². The summed E-state index contributed by atoms with van der Waals surface area (Å²) in [5.41, 5.74) is 2.68. The van der Waals surface area contributed by atoms with Gasteiger partial charge in [0.1, 0.15) is 6.04 Å². The van der Waals surface area contributed by atoms with E-state index in [1.54, 1.807) is 30.5 Å². The second-order valence-electron chi connectivity index (χ2n) is 6.57. The zero-order valence-electron chi connectivity index (χ0n) is 14.8. The smallest absolute Gasteiger partial charge is 0.244 e. The first-order chi connectivity index (χ1) is 12.4. The topological polar surface area (TPSA) is 66.5 Å². The number of nitrogens with one attached hydrogen (secondary N) is 1. The third-order valence-corrected chi connectivity index (χ3v) is 6.28. The second kappa shape index (κ2) is 7.43. The van der Waals surface area contributed by atoms with Crippen molar-refractivity contribution in [3.8, 4) is 0 Å². The fourth-order valence-electron chi connectivity index (χ4n) is 2.95. The number of hydrogen-bond acceptors (Lipinski definition) is 3. The molecular formula is C20H22N2O3S. The van der Waals surface area contributed by atoms with Gasteiger partial charge in [-0.2, -0.15) is 4.31 Å². The van der Waals surface area contributed by atoms with Gasteiger partial charge < -0.3 is 5.32 Å². The Morgan fingerprint density at radius 1 is 1.04 bits per heavy atom. The summed E-state index contributed by atoms with van der Waals surface area (Å²) in [6, 6.07) is 15.3. The maximum atomic E-state index is 13.3. The highest BCUT2D eigenvalue weighted by molar-refractivity contribution is 7.89. The molecule has 3 rings (SSSR count).